The van der Waals surface area contributed by atoms with Gasteiger partial charge in [0.15, 0.2) is 5.78 Å². The van der Waals surface area contributed by atoms with Crippen molar-refractivity contribution in [1.82, 2.24) is 10.1 Å². The molecule has 3 rings (SSSR count). The van der Waals surface area contributed by atoms with Crippen molar-refractivity contribution in [2.75, 3.05) is 6.61 Å². The van der Waals surface area contributed by atoms with Gasteiger partial charge in [0.2, 0.25) is 5.82 Å². The van der Waals surface area contributed by atoms with E-state index >= 15 is 0 Å². The summed E-state index contributed by atoms with van der Waals surface area (Å²) < 4.78 is 35.6. The van der Waals surface area contributed by atoms with E-state index in [0.29, 0.717) is 17.7 Å². The van der Waals surface area contributed by atoms with Crippen molar-refractivity contribution in [1.29, 1.82) is 0 Å². The van der Waals surface area contributed by atoms with Gasteiger partial charge in [-0.05, 0) is 17.2 Å². The van der Waals surface area contributed by atoms with Crippen LogP contribution in [0.2, 0.25) is 0 Å². The second-order valence-electron chi connectivity index (χ2n) is 5.40. The fourth-order valence-corrected chi connectivity index (χ4v) is 2.26. The molecule has 1 heterocycles. The number of nitrogens with zero attached hydrogens (tertiary/aromatic N) is 2. The molecule has 0 N–H and O–H groups in total. The van der Waals surface area contributed by atoms with E-state index in [9.17, 15) is 13.6 Å². The average molecular weight is 379 g/mol. The average Bonchev–Trinajstić information content (AvgIpc) is 3.13. The van der Waals surface area contributed by atoms with Crippen LogP contribution in [0.5, 0.6) is 0 Å². The summed E-state index contributed by atoms with van der Waals surface area (Å²) in [6.07, 6.45) is 0. The fraction of sp³-hybridized carbons (Fsp3) is 0.167. The van der Waals surface area contributed by atoms with E-state index < -0.39 is 11.3 Å². The Kier molecular flexibility index (Phi) is 5.39. The van der Waals surface area contributed by atoms with Crippen LogP contribution in [-0.2, 0) is 16.7 Å². The highest BCUT2D eigenvalue weighted by Gasteiger charge is 2.35. The predicted octanol–water partition coefficient (Wildman–Crippen LogP) is 4.42. The highest BCUT2D eigenvalue weighted by atomic mass is 35.5. The van der Waals surface area contributed by atoms with Crippen LogP contribution in [0.3, 0.4) is 0 Å². The predicted molar refractivity (Wildman–Crippen MR) is 89.9 cm³/mol. The van der Waals surface area contributed by atoms with Gasteiger partial charge in [0.25, 0.3) is 0 Å². The number of carbonyl (C=O) groups excluding carboxylic acids is 1. The largest absolute Gasteiger partial charge is 0.400 e. The molecule has 26 heavy (non-hydrogen) atoms. The van der Waals surface area contributed by atoms with Gasteiger partial charge in [-0.15, -0.1) is 0 Å². The van der Waals surface area contributed by atoms with Crippen molar-refractivity contribution in [2.45, 2.75) is 12.0 Å². The Labute approximate surface area is 152 Å². The molecule has 0 unspecified atom stereocenters. The number of rotatable bonds is 7. The van der Waals surface area contributed by atoms with Crippen LogP contribution in [0.15, 0.2) is 59.1 Å². The third kappa shape index (κ3) is 4.50. The lowest BCUT2D eigenvalue weighted by Crippen LogP contribution is -2.09. The second-order valence-corrected chi connectivity index (χ2v) is 5.87. The van der Waals surface area contributed by atoms with E-state index in [-0.39, 0.29) is 18.2 Å². The molecule has 0 aliphatic carbocycles. The molecule has 134 valence electrons. The summed E-state index contributed by atoms with van der Waals surface area (Å²) in [4.78, 5) is 15.7. The van der Waals surface area contributed by atoms with E-state index in [2.05, 4.69) is 14.7 Å². The van der Waals surface area contributed by atoms with E-state index in [1.54, 1.807) is 12.1 Å². The molecule has 0 fully saturated rings. The number of benzene rings is 2. The lowest BCUT2D eigenvalue weighted by Gasteiger charge is -2.04. The molecular formula is C18H13ClF2N2O3. The zero-order valence-corrected chi connectivity index (χ0v) is 14.1. The minimum atomic E-state index is -3.72. The fourth-order valence-electron chi connectivity index (χ4n) is 2.18. The van der Waals surface area contributed by atoms with Crippen LogP contribution in [0, 0.1) is 0 Å². The van der Waals surface area contributed by atoms with E-state index in [1.807, 2.05) is 30.3 Å². The number of hydrogen-bond donors (Lipinski definition) is 0. The molecule has 0 spiro atoms. The molecule has 0 saturated carbocycles. The Balaban J connectivity index is 1.60. The van der Waals surface area contributed by atoms with Gasteiger partial charge < -0.3 is 9.26 Å². The zero-order chi connectivity index (χ0) is 18.6. The number of aromatic nitrogens is 2. The Morgan fingerprint density at radius 3 is 2.42 bits per heavy atom. The van der Waals surface area contributed by atoms with Gasteiger partial charge in [0, 0.05) is 11.1 Å². The molecule has 0 bridgehead atoms. The summed E-state index contributed by atoms with van der Waals surface area (Å²) in [5, 5.41) is -0.275. The highest BCUT2D eigenvalue weighted by Crippen LogP contribution is 2.32. The topological polar surface area (TPSA) is 65.2 Å². The van der Waals surface area contributed by atoms with Gasteiger partial charge in [-0.2, -0.15) is 13.8 Å². The Morgan fingerprint density at radius 1 is 1.12 bits per heavy atom. The SMILES string of the molecule is O=C(COCc1ccccc1)c1ccc(-c2noc(C(F)(F)Cl)n2)cc1. The molecule has 0 amide bonds. The van der Waals surface area contributed by atoms with E-state index in [4.69, 9.17) is 16.3 Å². The molecule has 0 saturated heterocycles. The Morgan fingerprint density at radius 2 is 1.81 bits per heavy atom. The molecule has 0 aliphatic heterocycles. The van der Waals surface area contributed by atoms with Gasteiger partial charge in [0.05, 0.1) is 6.61 Å². The lowest BCUT2D eigenvalue weighted by atomic mass is 10.1. The molecule has 8 heteroatoms. The molecule has 0 aliphatic rings. The van der Waals surface area contributed by atoms with E-state index in [0.717, 1.165) is 5.56 Å². The highest BCUT2D eigenvalue weighted by molar-refractivity contribution is 6.21. The zero-order valence-electron chi connectivity index (χ0n) is 13.4. The number of ketones is 1. The maximum absolute atomic E-state index is 12.9. The number of ether oxygens (including phenoxy) is 1. The monoisotopic (exact) mass is 378 g/mol. The van der Waals surface area contributed by atoms with Gasteiger partial charge in [-0.3, -0.25) is 4.79 Å². The number of halogens is 3. The first-order chi connectivity index (χ1) is 12.4. The molecule has 0 radical (unpaired) electrons. The van der Waals surface area contributed by atoms with Crippen molar-refractivity contribution in [3.05, 3.63) is 71.6 Å². The van der Waals surface area contributed by atoms with Crippen LogP contribution >= 0.6 is 11.6 Å². The second kappa shape index (κ2) is 7.72. The summed E-state index contributed by atoms with van der Waals surface area (Å²) in [7, 11) is 0. The summed E-state index contributed by atoms with van der Waals surface area (Å²) >= 11 is 4.83. The minimum Gasteiger partial charge on any atom is -0.369 e. The number of hydrogen-bond acceptors (Lipinski definition) is 5. The maximum atomic E-state index is 12.9. The Hall–Kier alpha value is -2.64. The standard InChI is InChI=1S/C18H13ClF2N2O3/c19-18(20,21)17-22-16(23-26-17)14-8-6-13(7-9-14)15(24)11-25-10-12-4-2-1-3-5-12/h1-9H,10-11H2. The van der Waals surface area contributed by atoms with E-state index in [1.165, 1.54) is 12.1 Å². The molecular weight excluding hydrogens is 366 g/mol. The summed E-state index contributed by atoms with van der Waals surface area (Å²) in [5.74, 6) is -1.23. The van der Waals surface area contributed by atoms with Gasteiger partial charge >= 0.3 is 11.3 Å². The molecule has 5 nitrogen and oxygen atoms in total. The summed E-state index contributed by atoms with van der Waals surface area (Å²) in [6, 6.07) is 15.6. The molecule has 2 aromatic carbocycles. The summed E-state index contributed by atoms with van der Waals surface area (Å²) in [5.41, 5.74) is 1.82. The van der Waals surface area contributed by atoms with Crippen LogP contribution in [0.25, 0.3) is 11.4 Å². The first-order valence-electron chi connectivity index (χ1n) is 7.60. The van der Waals surface area contributed by atoms with Crippen LogP contribution < -0.4 is 0 Å². The van der Waals surface area contributed by atoms with Crippen LogP contribution in [-0.4, -0.2) is 22.5 Å². The van der Waals surface area contributed by atoms with Gasteiger partial charge in [-0.25, -0.2) is 0 Å². The van der Waals surface area contributed by atoms with Crippen molar-refractivity contribution in [2.24, 2.45) is 0 Å². The van der Waals surface area contributed by atoms with Crippen molar-refractivity contribution >= 4 is 17.4 Å². The first-order valence-corrected chi connectivity index (χ1v) is 7.97. The lowest BCUT2D eigenvalue weighted by molar-refractivity contribution is 0.0551. The molecule has 1 aromatic heterocycles. The summed E-state index contributed by atoms with van der Waals surface area (Å²) in [6.45, 7) is 0.266. The number of alkyl halides is 3. The van der Waals surface area contributed by atoms with Crippen molar-refractivity contribution in [3.8, 4) is 11.4 Å². The third-order valence-electron chi connectivity index (χ3n) is 3.48. The smallest absolute Gasteiger partial charge is 0.369 e. The quantitative estimate of drug-likeness (QED) is 0.449. The normalized spacial score (nSPS) is 11.5. The number of Topliss-reactive ketones (excluding diaryl/α,β-unsaturated/α-hetero) is 1. The maximum Gasteiger partial charge on any atom is 0.400 e. The van der Waals surface area contributed by atoms with Crippen molar-refractivity contribution < 1.29 is 22.8 Å². The van der Waals surface area contributed by atoms with Crippen molar-refractivity contribution in [3.63, 3.8) is 0 Å². The third-order valence-corrected chi connectivity index (χ3v) is 3.64. The minimum absolute atomic E-state index is 0.0420. The van der Waals surface area contributed by atoms with Gasteiger partial charge in [0.1, 0.15) is 6.61 Å². The van der Waals surface area contributed by atoms with Crippen LogP contribution in [0.1, 0.15) is 21.8 Å². The molecule has 3 aromatic rings. The van der Waals surface area contributed by atoms with Gasteiger partial charge in [-0.1, -0.05) is 59.8 Å². The first kappa shape index (κ1) is 18.2. The Bertz CT molecular complexity index is 877. The molecule has 0 atom stereocenters. The van der Waals surface area contributed by atoms with Crippen LogP contribution in [0.4, 0.5) is 8.78 Å². The number of carbonyl (C=O) groups is 1.